The minimum atomic E-state index is -3.71. The van der Waals surface area contributed by atoms with Crippen molar-refractivity contribution in [2.45, 2.75) is 17.5 Å². The van der Waals surface area contributed by atoms with E-state index in [4.69, 9.17) is 0 Å². The Bertz CT molecular complexity index is 653. The standard InChI is InChI=1S/C13H17N3O3S/c1-16-8-13(14-10-16)20(18,19)15-12(9-17)7-11-5-3-2-4-6-11/h2-6,8,10,12,15,17H,7,9H2,1H3/t12-/m1/s1. The maximum atomic E-state index is 12.1. The number of hydrogen-bond donors (Lipinski definition) is 2. The van der Waals surface area contributed by atoms with Gasteiger partial charge in [-0.1, -0.05) is 30.3 Å². The molecule has 0 saturated heterocycles. The third-order valence-corrected chi connectivity index (χ3v) is 4.23. The van der Waals surface area contributed by atoms with Gasteiger partial charge in [0.15, 0.2) is 5.03 Å². The topological polar surface area (TPSA) is 84.2 Å². The van der Waals surface area contributed by atoms with Crippen LogP contribution in [0.15, 0.2) is 47.9 Å². The minimum absolute atomic E-state index is 0.0495. The van der Waals surface area contributed by atoms with E-state index in [1.54, 1.807) is 11.6 Å². The number of imidazole rings is 1. The third-order valence-electron chi connectivity index (χ3n) is 2.82. The molecule has 0 amide bonds. The average molecular weight is 295 g/mol. The summed E-state index contributed by atoms with van der Waals surface area (Å²) < 4.78 is 28.2. The summed E-state index contributed by atoms with van der Waals surface area (Å²) in [6, 6.07) is 8.82. The van der Waals surface area contributed by atoms with E-state index in [0.717, 1.165) is 5.56 Å². The molecule has 0 spiro atoms. The number of aliphatic hydroxyl groups is 1. The molecule has 2 N–H and O–H groups in total. The van der Waals surface area contributed by atoms with Crippen molar-refractivity contribution in [1.29, 1.82) is 0 Å². The molecule has 0 aliphatic heterocycles. The van der Waals surface area contributed by atoms with Crippen molar-refractivity contribution in [2.24, 2.45) is 7.05 Å². The van der Waals surface area contributed by atoms with Gasteiger partial charge in [-0.05, 0) is 12.0 Å². The van der Waals surface area contributed by atoms with E-state index in [1.165, 1.54) is 12.5 Å². The van der Waals surface area contributed by atoms with Crippen LogP contribution in [0.5, 0.6) is 0 Å². The smallest absolute Gasteiger partial charge is 0.259 e. The normalized spacial score (nSPS) is 13.3. The first-order valence-electron chi connectivity index (χ1n) is 6.16. The fraction of sp³-hybridized carbons (Fsp3) is 0.308. The van der Waals surface area contributed by atoms with Crippen LogP contribution < -0.4 is 4.72 Å². The van der Waals surface area contributed by atoms with Crippen molar-refractivity contribution in [3.05, 3.63) is 48.4 Å². The summed E-state index contributed by atoms with van der Waals surface area (Å²) in [6.45, 7) is -0.277. The van der Waals surface area contributed by atoms with Gasteiger partial charge in [-0.2, -0.15) is 0 Å². The molecule has 1 aromatic heterocycles. The van der Waals surface area contributed by atoms with Crippen molar-refractivity contribution >= 4 is 10.0 Å². The van der Waals surface area contributed by atoms with Gasteiger partial charge in [0.2, 0.25) is 0 Å². The first-order valence-corrected chi connectivity index (χ1v) is 7.64. The number of benzene rings is 1. The number of rotatable bonds is 6. The zero-order chi connectivity index (χ0) is 14.6. The van der Waals surface area contributed by atoms with Gasteiger partial charge in [-0.25, -0.2) is 18.1 Å². The Kier molecular flexibility index (Phi) is 4.53. The van der Waals surface area contributed by atoms with Gasteiger partial charge in [0.1, 0.15) is 0 Å². The summed E-state index contributed by atoms with van der Waals surface area (Å²) >= 11 is 0. The van der Waals surface area contributed by atoms with E-state index < -0.39 is 16.1 Å². The molecule has 0 aliphatic rings. The molecule has 1 aromatic carbocycles. The van der Waals surface area contributed by atoms with Crippen LogP contribution in [0.2, 0.25) is 0 Å². The number of nitrogens with one attached hydrogen (secondary N) is 1. The molecule has 0 aliphatic carbocycles. The number of sulfonamides is 1. The summed E-state index contributed by atoms with van der Waals surface area (Å²) in [5, 5.41) is 9.30. The van der Waals surface area contributed by atoms with Gasteiger partial charge in [-0.3, -0.25) is 0 Å². The quantitative estimate of drug-likeness (QED) is 0.803. The van der Waals surface area contributed by atoms with E-state index in [2.05, 4.69) is 9.71 Å². The Morgan fingerprint density at radius 2 is 2.05 bits per heavy atom. The lowest BCUT2D eigenvalue weighted by Crippen LogP contribution is -2.39. The number of aromatic nitrogens is 2. The number of hydrogen-bond acceptors (Lipinski definition) is 4. The van der Waals surface area contributed by atoms with Crippen LogP contribution in [0, 0.1) is 0 Å². The van der Waals surface area contributed by atoms with Gasteiger partial charge in [0.25, 0.3) is 10.0 Å². The lowest BCUT2D eigenvalue weighted by atomic mass is 10.1. The van der Waals surface area contributed by atoms with E-state index in [9.17, 15) is 13.5 Å². The van der Waals surface area contributed by atoms with E-state index in [1.807, 2.05) is 30.3 Å². The summed E-state index contributed by atoms with van der Waals surface area (Å²) in [5.41, 5.74) is 0.954. The number of aryl methyl sites for hydroxylation is 1. The summed E-state index contributed by atoms with van der Waals surface area (Å²) in [6.07, 6.45) is 3.25. The van der Waals surface area contributed by atoms with Crippen LogP contribution in [0.25, 0.3) is 0 Å². The largest absolute Gasteiger partial charge is 0.395 e. The lowest BCUT2D eigenvalue weighted by Gasteiger charge is -2.15. The zero-order valence-electron chi connectivity index (χ0n) is 11.1. The Morgan fingerprint density at radius 1 is 1.35 bits per heavy atom. The highest BCUT2D eigenvalue weighted by molar-refractivity contribution is 7.89. The fourth-order valence-electron chi connectivity index (χ4n) is 1.85. The predicted octanol–water partition coefficient (Wildman–Crippen LogP) is 0.302. The van der Waals surface area contributed by atoms with Crippen LogP contribution in [0.4, 0.5) is 0 Å². The second kappa shape index (κ2) is 6.17. The molecule has 1 atom stereocenters. The molecule has 1 heterocycles. The molecule has 0 saturated carbocycles. The zero-order valence-corrected chi connectivity index (χ0v) is 11.9. The SMILES string of the molecule is Cn1cnc(S(=O)(=O)N[C@@H](CO)Cc2ccccc2)c1. The Balaban J connectivity index is 2.10. The van der Waals surface area contributed by atoms with Crippen molar-refractivity contribution in [3.63, 3.8) is 0 Å². The predicted molar refractivity (Wildman–Crippen MR) is 74.5 cm³/mol. The van der Waals surface area contributed by atoms with Crippen molar-refractivity contribution in [3.8, 4) is 0 Å². The first-order chi connectivity index (χ1) is 9.51. The molecule has 20 heavy (non-hydrogen) atoms. The maximum absolute atomic E-state index is 12.1. The van der Waals surface area contributed by atoms with E-state index in [-0.39, 0.29) is 11.6 Å². The molecular weight excluding hydrogens is 278 g/mol. The minimum Gasteiger partial charge on any atom is -0.395 e. The van der Waals surface area contributed by atoms with Gasteiger partial charge in [-0.15, -0.1) is 0 Å². The highest BCUT2D eigenvalue weighted by Crippen LogP contribution is 2.08. The average Bonchev–Trinajstić information content (AvgIpc) is 2.86. The molecule has 6 nitrogen and oxygen atoms in total. The van der Waals surface area contributed by atoms with Crippen LogP contribution >= 0.6 is 0 Å². The van der Waals surface area contributed by atoms with Gasteiger partial charge in [0, 0.05) is 19.3 Å². The molecule has 2 rings (SSSR count). The van der Waals surface area contributed by atoms with Crippen molar-refractivity contribution in [2.75, 3.05) is 6.61 Å². The van der Waals surface area contributed by atoms with Gasteiger partial charge >= 0.3 is 0 Å². The van der Waals surface area contributed by atoms with E-state index in [0.29, 0.717) is 6.42 Å². The van der Waals surface area contributed by atoms with Crippen LogP contribution in [0.1, 0.15) is 5.56 Å². The monoisotopic (exact) mass is 295 g/mol. The molecule has 0 fully saturated rings. The molecule has 0 radical (unpaired) electrons. The molecule has 7 heteroatoms. The van der Waals surface area contributed by atoms with Crippen molar-refractivity contribution in [1.82, 2.24) is 14.3 Å². The molecule has 2 aromatic rings. The molecule has 0 unspecified atom stereocenters. The summed E-state index contributed by atoms with van der Waals surface area (Å²) in [7, 11) is -2.02. The third kappa shape index (κ3) is 3.66. The second-order valence-electron chi connectivity index (χ2n) is 4.57. The van der Waals surface area contributed by atoms with Crippen LogP contribution in [-0.4, -0.2) is 35.7 Å². The maximum Gasteiger partial charge on any atom is 0.259 e. The summed E-state index contributed by atoms with van der Waals surface area (Å²) in [5.74, 6) is 0. The van der Waals surface area contributed by atoms with Crippen LogP contribution in [-0.2, 0) is 23.5 Å². The number of nitrogens with zero attached hydrogens (tertiary/aromatic N) is 2. The number of aliphatic hydroxyl groups excluding tert-OH is 1. The molecule has 0 bridgehead atoms. The van der Waals surface area contributed by atoms with Gasteiger partial charge in [0.05, 0.1) is 12.9 Å². The highest BCUT2D eigenvalue weighted by atomic mass is 32.2. The molecular formula is C13H17N3O3S. The second-order valence-corrected chi connectivity index (χ2v) is 6.23. The molecule has 108 valence electrons. The fourth-order valence-corrected chi connectivity index (χ4v) is 3.06. The van der Waals surface area contributed by atoms with Gasteiger partial charge < -0.3 is 9.67 Å². The highest BCUT2D eigenvalue weighted by Gasteiger charge is 2.21. The van der Waals surface area contributed by atoms with E-state index >= 15 is 0 Å². The first kappa shape index (κ1) is 14.7. The Labute approximate surface area is 118 Å². The summed E-state index contributed by atoms with van der Waals surface area (Å²) in [4.78, 5) is 3.81. The lowest BCUT2D eigenvalue weighted by molar-refractivity contribution is 0.256. The Morgan fingerprint density at radius 3 is 2.60 bits per heavy atom. The van der Waals surface area contributed by atoms with Crippen LogP contribution in [0.3, 0.4) is 0 Å². The Hall–Kier alpha value is -1.70. The van der Waals surface area contributed by atoms with Crippen molar-refractivity contribution < 1.29 is 13.5 Å².